The van der Waals surface area contributed by atoms with Crippen LogP contribution >= 0.6 is 12.4 Å². The molecule has 0 radical (unpaired) electrons. The molecule has 1 saturated heterocycles. The van der Waals surface area contributed by atoms with Crippen molar-refractivity contribution < 1.29 is 4.74 Å². The van der Waals surface area contributed by atoms with E-state index in [-0.39, 0.29) is 12.4 Å². The molecule has 0 aliphatic carbocycles. The van der Waals surface area contributed by atoms with Gasteiger partial charge in [-0.15, -0.1) is 12.4 Å². The topological polar surface area (TPSA) is 73.1 Å². The number of rotatable bonds is 5. The second kappa shape index (κ2) is 8.15. The molecule has 1 unspecified atom stereocenters. The van der Waals surface area contributed by atoms with E-state index in [1.807, 2.05) is 24.3 Å². The third kappa shape index (κ3) is 4.21. The van der Waals surface area contributed by atoms with Crippen molar-refractivity contribution in [3.8, 4) is 5.88 Å². The summed E-state index contributed by atoms with van der Waals surface area (Å²) < 4.78 is 5.71. The zero-order chi connectivity index (χ0) is 14.5. The summed E-state index contributed by atoms with van der Waals surface area (Å²) >= 11 is 0. The number of nitrogens with zero attached hydrogens (tertiary/aromatic N) is 2. The van der Waals surface area contributed by atoms with Gasteiger partial charge in [0.2, 0.25) is 0 Å². The summed E-state index contributed by atoms with van der Waals surface area (Å²) in [7, 11) is 0. The summed E-state index contributed by atoms with van der Waals surface area (Å²) in [5.41, 5.74) is 7.52. The lowest BCUT2D eigenvalue weighted by molar-refractivity contribution is 0.278. The smallest absolute Gasteiger partial charge is 0.257 e. The molecule has 3 rings (SSSR count). The van der Waals surface area contributed by atoms with Crippen LogP contribution in [0.4, 0.5) is 5.82 Å². The summed E-state index contributed by atoms with van der Waals surface area (Å²) in [4.78, 5) is 8.76. The fourth-order valence-corrected chi connectivity index (χ4v) is 2.77. The fraction of sp³-hybridized carbons (Fsp3) is 0.500. The van der Waals surface area contributed by atoms with E-state index in [1.54, 1.807) is 0 Å². The summed E-state index contributed by atoms with van der Waals surface area (Å²) in [6, 6.07) is 8.32. The van der Waals surface area contributed by atoms with Gasteiger partial charge in [-0.25, -0.2) is 9.97 Å². The Kier molecular flexibility index (Phi) is 6.21. The lowest BCUT2D eigenvalue weighted by atomic mass is 10.0. The van der Waals surface area contributed by atoms with Crippen molar-refractivity contribution in [3.05, 3.63) is 24.3 Å². The Labute approximate surface area is 137 Å². The second-order valence-electron chi connectivity index (χ2n) is 5.54. The molecule has 1 fully saturated rings. The second-order valence-corrected chi connectivity index (χ2v) is 5.54. The number of halogens is 1. The molecular formula is C16H23ClN4O. The first-order chi connectivity index (χ1) is 10.3. The van der Waals surface area contributed by atoms with E-state index in [4.69, 9.17) is 10.5 Å². The molecule has 0 saturated carbocycles. The number of aromatic nitrogens is 2. The maximum absolute atomic E-state index is 5.90. The highest BCUT2D eigenvalue weighted by Gasteiger charge is 2.12. The van der Waals surface area contributed by atoms with Crippen LogP contribution in [0.15, 0.2) is 24.3 Å². The zero-order valence-corrected chi connectivity index (χ0v) is 13.4. The molecule has 6 heteroatoms. The number of ether oxygens (including phenoxy) is 1. The van der Waals surface area contributed by atoms with Gasteiger partial charge in [0.15, 0.2) is 5.82 Å². The molecule has 0 spiro atoms. The molecule has 1 atom stereocenters. The summed E-state index contributed by atoms with van der Waals surface area (Å²) in [6.07, 6.45) is 6.06. The van der Waals surface area contributed by atoms with Gasteiger partial charge in [0.1, 0.15) is 0 Å². The predicted molar refractivity (Wildman–Crippen MR) is 91.6 cm³/mol. The number of anilines is 1. The quantitative estimate of drug-likeness (QED) is 0.828. The van der Waals surface area contributed by atoms with E-state index in [2.05, 4.69) is 15.3 Å². The molecular weight excluding hydrogens is 300 g/mol. The van der Waals surface area contributed by atoms with Crippen LogP contribution in [0.5, 0.6) is 5.88 Å². The molecule has 5 nitrogen and oxygen atoms in total. The van der Waals surface area contributed by atoms with Crippen molar-refractivity contribution in [2.75, 3.05) is 18.9 Å². The van der Waals surface area contributed by atoms with Gasteiger partial charge in [-0.2, -0.15) is 0 Å². The molecule has 1 aromatic carbocycles. The maximum atomic E-state index is 5.90. The molecule has 22 heavy (non-hydrogen) atoms. The van der Waals surface area contributed by atoms with Crippen LogP contribution in [-0.4, -0.2) is 29.2 Å². The van der Waals surface area contributed by atoms with Gasteiger partial charge in [-0.1, -0.05) is 18.6 Å². The number of fused-ring (bicyclic) bond motifs is 1. The van der Waals surface area contributed by atoms with Crippen LogP contribution in [0.3, 0.4) is 0 Å². The van der Waals surface area contributed by atoms with Crippen LogP contribution in [-0.2, 0) is 0 Å². The van der Waals surface area contributed by atoms with Gasteiger partial charge in [0, 0.05) is 6.04 Å². The summed E-state index contributed by atoms with van der Waals surface area (Å²) in [5.74, 6) is 0.815. The largest absolute Gasteiger partial charge is 0.475 e. The molecule has 2 heterocycles. The Hall–Kier alpha value is -1.59. The minimum absolute atomic E-state index is 0. The lowest BCUT2D eigenvalue weighted by Crippen LogP contribution is -2.34. The minimum atomic E-state index is 0. The number of nitrogens with two attached hydrogens (primary N) is 1. The number of hydrogen-bond donors (Lipinski definition) is 2. The van der Waals surface area contributed by atoms with E-state index >= 15 is 0 Å². The number of hydrogen-bond acceptors (Lipinski definition) is 5. The SMILES string of the molecule is Cl.Nc1nc2ccccc2nc1OCCCC1CCCCN1. The Morgan fingerprint density at radius 1 is 1.18 bits per heavy atom. The van der Waals surface area contributed by atoms with E-state index in [9.17, 15) is 0 Å². The number of benzene rings is 1. The van der Waals surface area contributed by atoms with E-state index in [1.165, 1.54) is 19.3 Å². The van der Waals surface area contributed by atoms with Gasteiger partial charge in [0.05, 0.1) is 17.6 Å². The summed E-state index contributed by atoms with van der Waals surface area (Å²) in [6.45, 7) is 1.78. The van der Waals surface area contributed by atoms with E-state index < -0.39 is 0 Å². The Bertz CT molecular complexity index is 602. The number of piperidine rings is 1. The minimum Gasteiger partial charge on any atom is -0.475 e. The maximum Gasteiger partial charge on any atom is 0.257 e. The first-order valence-corrected chi connectivity index (χ1v) is 7.71. The first kappa shape index (κ1) is 16.8. The van der Waals surface area contributed by atoms with Gasteiger partial charge in [-0.05, 0) is 44.4 Å². The standard InChI is InChI=1S/C16H22N4O.ClH/c17-15-16(20-14-9-2-1-8-13(14)19-15)21-11-5-7-12-6-3-4-10-18-12;/h1-2,8-9,12,18H,3-7,10-11H2,(H2,17,19);1H. The van der Waals surface area contributed by atoms with Crippen molar-refractivity contribution in [2.24, 2.45) is 0 Å². The van der Waals surface area contributed by atoms with Crippen molar-refractivity contribution in [3.63, 3.8) is 0 Å². The van der Waals surface area contributed by atoms with Crippen molar-refractivity contribution in [2.45, 2.75) is 38.1 Å². The van der Waals surface area contributed by atoms with Crippen LogP contribution in [0.2, 0.25) is 0 Å². The van der Waals surface area contributed by atoms with E-state index in [0.717, 1.165) is 30.4 Å². The summed E-state index contributed by atoms with van der Waals surface area (Å²) in [5, 5.41) is 3.55. The van der Waals surface area contributed by atoms with Gasteiger partial charge in [0.25, 0.3) is 5.88 Å². The van der Waals surface area contributed by atoms with Crippen LogP contribution in [0.25, 0.3) is 11.0 Å². The van der Waals surface area contributed by atoms with Crippen LogP contribution in [0, 0.1) is 0 Å². The molecule has 120 valence electrons. The number of nitrogens with one attached hydrogen (secondary N) is 1. The lowest BCUT2D eigenvalue weighted by Gasteiger charge is -2.23. The molecule has 0 bridgehead atoms. The molecule has 1 aliphatic rings. The van der Waals surface area contributed by atoms with Gasteiger partial charge >= 0.3 is 0 Å². The predicted octanol–water partition coefficient (Wildman–Crippen LogP) is 2.93. The molecule has 2 aromatic rings. The van der Waals surface area contributed by atoms with Crippen molar-refractivity contribution in [1.82, 2.24) is 15.3 Å². The van der Waals surface area contributed by atoms with Gasteiger partial charge in [-0.3, -0.25) is 0 Å². The Balaban J connectivity index is 0.00000176. The average Bonchev–Trinajstić information content (AvgIpc) is 2.53. The normalized spacial score (nSPS) is 17.9. The highest BCUT2D eigenvalue weighted by atomic mass is 35.5. The van der Waals surface area contributed by atoms with Crippen LogP contribution < -0.4 is 15.8 Å². The number of nitrogen functional groups attached to an aromatic ring is 1. The highest BCUT2D eigenvalue weighted by molar-refractivity contribution is 5.85. The number of para-hydroxylation sites is 2. The van der Waals surface area contributed by atoms with Gasteiger partial charge < -0.3 is 15.8 Å². The third-order valence-electron chi connectivity index (χ3n) is 3.91. The molecule has 0 amide bonds. The van der Waals surface area contributed by atoms with E-state index in [0.29, 0.717) is 24.3 Å². The zero-order valence-electron chi connectivity index (χ0n) is 12.6. The Morgan fingerprint density at radius 3 is 2.68 bits per heavy atom. The molecule has 1 aliphatic heterocycles. The highest BCUT2D eigenvalue weighted by Crippen LogP contribution is 2.21. The first-order valence-electron chi connectivity index (χ1n) is 7.71. The van der Waals surface area contributed by atoms with Crippen molar-refractivity contribution in [1.29, 1.82) is 0 Å². The van der Waals surface area contributed by atoms with Crippen molar-refractivity contribution >= 4 is 29.3 Å². The fourth-order valence-electron chi connectivity index (χ4n) is 2.77. The monoisotopic (exact) mass is 322 g/mol. The average molecular weight is 323 g/mol. The molecule has 3 N–H and O–H groups in total. The third-order valence-corrected chi connectivity index (χ3v) is 3.91. The Morgan fingerprint density at radius 2 is 1.95 bits per heavy atom. The molecule has 1 aromatic heterocycles. The van der Waals surface area contributed by atoms with Crippen LogP contribution in [0.1, 0.15) is 32.1 Å².